The number of phenols is 1. The van der Waals surface area contributed by atoms with Crippen LogP contribution in [0.2, 0.25) is 0 Å². The summed E-state index contributed by atoms with van der Waals surface area (Å²) in [5.74, 6) is 0.449. The fourth-order valence-corrected chi connectivity index (χ4v) is 3.17. The molecule has 1 atom stereocenters. The molecule has 30 heavy (non-hydrogen) atoms. The molecule has 0 bridgehead atoms. The van der Waals surface area contributed by atoms with Crippen molar-refractivity contribution in [1.82, 2.24) is 25.3 Å². The van der Waals surface area contributed by atoms with E-state index in [0.717, 1.165) is 24.6 Å². The number of para-hydroxylation sites is 1. The third-order valence-corrected chi connectivity index (χ3v) is 4.61. The van der Waals surface area contributed by atoms with Gasteiger partial charge in [-0.05, 0) is 19.1 Å². The van der Waals surface area contributed by atoms with E-state index in [1.165, 1.54) is 6.07 Å². The highest BCUT2D eigenvalue weighted by atomic mass is 127. The number of phenolic OH excluding ortho intramolecular Hbond substituents is 1. The Labute approximate surface area is 193 Å². The lowest BCUT2D eigenvalue weighted by atomic mass is 10.1. The number of rotatable bonds is 6. The number of morpholine rings is 1. The molecular weight excluding hydrogens is 499 g/mol. The van der Waals surface area contributed by atoms with Crippen molar-refractivity contribution in [3.63, 3.8) is 0 Å². The van der Waals surface area contributed by atoms with Gasteiger partial charge in [0.25, 0.3) is 5.91 Å². The molecular formula is C20H29IN6O3. The third-order valence-electron chi connectivity index (χ3n) is 4.61. The van der Waals surface area contributed by atoms with Gasteiger partial charge in [0.15, 0.2) is 5.96 Å². The Morgan fingerprint density at radius 2 is 2.17 bits per heavy atom. The molecule has 1 aromatic carbocycles. The molecule has 1 aliphatic heterocycles. The number of aromatic nitrogens is 2. The molecule has 0 aliphatic carbocycles. The number of nitrogens with one attached hydrogen (secondary N) is 2. The van der Waals surface area contributed by atoms with Crippen molar-refractivity contribution in [2.75, 3.05) is 39.3 Å². The molecule has 1 aliphatic rings. The number of ether oxygens (including phenoxy) is 1. The monoisotopic (exact) mass is 528 g/mol. The van der Waals surface area contributed by atoms with E-state index in [1.807, 2.05) is 26.4 Å². The number of hydrogen-bond donors (Lipinski definition) is 3. The van der Waals surface area contributed by atoms with E-state index in [0.29, 0.717) is 26.2 Å². The van der Waals surface area contributed by atoms with Gasteiger partial charge in [0, 0.05) is 38.4 Å². The molecule has 2 aromatic rings. The Bertz CT molecular complexity index is 857. The number of nitrogens with zero attached hydrogens (tertiary/aromatic N) is 4. The summed E-state index contributed by atoms with van der Waals surface area (Å²) in [6.07, 6.45) is 3.74. The van der Waals surface area contributed by atoms with Gasteiger partial charge in [-0.1, -0.05) is 12.1 Å². The van der Waals surface area contributed by atoms with E-state index in [-0.39, 0.29) is 47.3 Å². The zero-order valence-electron chi connectivity index (χ0n) is 17.2. The SMILES string of the molecule is CCNC(=NCCNC(=O)c1ccccc1O)N1CCOC(c2cnn(C)c2)C1.I. The molecule has 1 aromatic heterocycles. The Hall–Kier alpha value is -2.34. The molecule has 0 saturated carbocycles. The van der Waals surface area contributed by atoms with Gasteiger partial charge in [0.1, 0.15) is 11.9 Å². The number of aryl methyl sites for hydroxylation is 1. The van der Waals surface area contributed by atoms with Crippen LogP contribution in [0, 0.1) is 0 Å². The number of aliphatic imine (C=N–C) groups is 1. The number of aromatic hydroxyl groups is 1. The number of hydrogen-bond acceptors (Lipinski definition) is 5. The van der Waals surface area contributed by atoms with Gasteiger partial charge in [-0.3, -0.25) is 14.5 Å². The van der Waals surface area contributed by atoms with Gasteiger partial charge in [0.2, 0.25) is 0 Å². The minimum absolute atomic E-state index is 0. The third kappa shape index (κ3) is 6.33. The lowest BCUT2D eigenvalue weighted by Gasteiger charge is -2.34. The highest BCUT2D eigenvalue weighted by Gasteiger charge is 2.25. The maximum absolute atomic E-state index is 12.2. The van der Waals surface area contributed by atoms with Crippen molar-refractivity contribution < 1.29 is 14.6 Å². The lowest BCUT2D eigenvalue weighted by Crippen LogP contribution is -2.48. The van der Waals surface area contributed by atoms with E-state index in [2.05, 4.69) is 25.6 Å². The van der Waals surface area contributed by atoms with Crippen molar-refractivity contribution >= 4 is 35.8 Å². The lowest BCUT2D eigenvalue weighted by molar-refractivity contribution is -0.00803. The number of amides is 1. The Balaban J connectivity index is 0.00000320. The smallest absolute Gasteiger partial charge is 0.255 e. The summed E-state index contributed by atoms with van der Waals surface area (Å²) in [6.45, 7) is 5.60. The molecule has 1 amide bonds. The number of carbonyl (C=O) groups is 1. The van der Waals surface area contributed by atoms with Crippen LogP contribution in [-0.2, 0) is 11.8 Å². The largest absolute Gasteiger partial charge is 0.507 e. The van der Waals surface area contributed by atoms with Crippen molar-refractivity contribution in [1.29, 1.82) is 0 Å². The van der Waals surface area contributed by atoms with Crippen LogP contribution < -0.4 is 10.6 Å². The van der Waals surface area contributed by atoms with E-state index >= 15 is 0 Å². The standard InChI is InChI=1S/C20H28N6O3.HI/c1-3-21-20(23-9-8-22-19(28)16-6-4-5-7-17(16)27)26-10-11-29-18(14-26)15-12-24-25(2)13-15;/h4-7,12-13,18,27H,3,8-11,14H2,1-2H3,(H,21,23)(H,22,28);1H. The summed E-state index contributed by atoms with van der Waals surface area (Å²) < 4.78 is 7.66. The Kier molecular flexibility index (Phi) is 9.37. The molecule has 3 N–H and O–H groups in total. The zero-order valence-corrected chi connectivity index (χ0v) is 19.6. The van der Waals surface area contributed by atoms with Crippen LogP contribution in [0.15, 0.2) is 41.7 Å². The van der Waals surface area contributed by atoms with E-state index in [9.17, 15) is 9.90 Å². The van der Waals surface area contributed by atoms with Crippen LogP contribution in [0.3, 0.4) is 0 Å². The van der Waals surface area contributed by atoms with Crippen LogP contribution in [0.4, 0.5) is 0 Å². The molecule has 0 spiro atoms. The number of guanidine groups is 1. The zero-order chi connectivity index (χ0) is 20.6. The van der Waals surface area contributed by atoms with E-state index in [4.69, 9.17) is 4.74 Å². The van der Waals surface area contributed by atoms with Crippen molar-refractivity contribution in [2.24, 2.45) is 12.0 Å². The van der Waals surface area contributed by atoms with Crippen molar-refractivity contribution in [3.8, 4) is 5.75 Å². The number of halogens is 1. The normalized spacial score (nSPS) is 16.7. The molecule has 3 rings (SSSR count). The highest BCUT2D eigenvalue weighted by molar-refractivity contribution is 14.0. The summed E-state index contributed by atoms with van der Waals surface area (Å²) >= 11 is 0. The first-order chi connectivity index (χ1) is 14.1. The van der Waals surface area contributed by atoms with Gasteiger partial charge in [-0.15, -0.1) is 24.0 Å². The van der Waals surface area contributed by atoms with Crippen LogP contribution >= 0.6 is 24.0 Å². The van der Waals surface area contributed by atoms with Crippen molar-refractivity contribution in [3.05, 3.63) is 47.8 Å². The maximum atomic E-state index is 12.2. The van der Waals surface area contributed by atoms with Crippen LogP contribution in [0.25, 0.3) is 0 Å². The molecule has 9 nitrogen and oxygen atoms in total. The van der Waals surface area contributed by atoms with E-state index < -0.39 is 0 Å². The predicted molar refractivity (Wildman–Crippen MR) is 125 cm³/mol. The van der Waals surface area contributed by atoms with Gasteiger partial charge < -0.3 is 25.4 Å². The second-order valence-electron chi connectivity index (χ2n) is 6.76. The van der Waals surface area contributed by atoms with Gasteiger partial charge in [0.05, 0.1) is 31.5 Å². The summed E-state index contributed by atoms with van der Waals surface area (Å²) in [5, 5.41) is 20.1. The Morgan fingerprint density at radius 1 is 1.37 bits per heavy atom. The van der Waals surface area contributed by atoms with Crippen molar-refractivity contribution in [2.45, 2.75) is 13.0 Å². The molecule has 10 heteroatoms. The average molecular weight is 528 g/mol. The van der Waals surface area contributed by atoms with Gasteiger partial charge in [-0.2, -0.15) is 5.10 Å². The van der Waals surface area contributed by atoms with Gasteiger partial charge in [-0.25, -0.2) is 0 Å². The second kappa shape index (κ2) is 11.7. The molecule has 2 heterocycles. The highest BCUT2D eigenvalue weighted by Crippen LogP contribution is 2.21. The summed E-state index contributed by atoms with van der Waals surface area (Å²) in [5.41, 5.74) is 1.30. The topological polar surface area (TPSA) is 104 Å². The van der Waals surface area contributed by atoms with E-state index in [1.54, 1.807) is 22.9 Å². The number of benzene rings is 1. The first-order valence-electron chi connectivity index (χ1n) is 9.78. The molecule has 164 valence electrons. The predicted octanol–water partition coefficient (Wildman–Crippen LogP) is 1.51. The minimum Gasteiger partial charge on any atom is -0.507 e. The first kappa shape index (κ1) is 23.9. The molecule has 1 fully saturated rings. The maximum Gasteiger partial charge on any atom is 0.255 e. The summed E-state index contributed by atoms with van der Waals surface area (Å²) in [7, 11) is 1.89. The minimum atomic E-state index is -0.314. The fourth-order valence-electron chi connectivity index (χ4n) is 3.17. The fraction of sp³-hybridized carbons (Fsp3) is 0.450. The first-order valence-corrected chi connectivity index (χ1v) is 9.78. The number of carbonyl (C=O) groups excluding carboxylic acids is 1. The van der Waals surface area contributed by atoms with Crippen LogP contribution in [0.1, 0.15) is 28.9 Å². The van der Waals surface area contributed by atoms with Gasteiger partial charge >= 0.3 is 0 Å². The van der Waals surface area contributed by atoms with Crippen LogP contribution in [-0.4, -0.2) is 71.0 Å². The molecule has 1 unspecified atom stereocenters. The second-order valence-corrected chi connectivity index (χ2v) is 6.76. The van der Waals surface area contributed by atoms with Crippen LogP contribution in [0.5, 0.6) is 5.75 Å². The molecule has 1 saturated heterocycles. The summed E-state index contributed by atoms with van der Waals surface area (Å²) in [6, 6.07) is 6.48. The average Bonchev–Trinajstić information content (AvgIpc) is 3.17. The molecule has 0 radical (unpaired) electrons. The Morgan fingerprint density at radius 3 is 2.87 bits per heavy atom. The quantitative estimate of drug-likeness (QED) is 0.228. The summed E-state index contributed by atoms with van der Waals surface area (Å²) in [4.78, 5) is 19.0.